The molecule has 0 heterocycles. The van der Waals surface area contributed by atoms with E-state index in [1.165, 1.54) is 6.07 Å². The molecule has 19 heavy (non-hydrogen) atoms. The van der Waals surface area contributed by atoms with Crippen molar-refractivity contribution in [2.45, 2.75) is 57.3 Å². The van der Waals surface area contributed by atoms with Crippen LogP contribution in [0.1, 0.15) is 50.6 Å². The maximum atomic E-state index is 13.9. The van der Waals surface area contributed by atoms with Crippen molar-refractivity contribution < 1.29 is 14.2 Å². The number of hydrogen-bond donors (Lipinski definition) is 2. The standard InChI is InChI=1S/C15H22FNO2/c1-10(17)11-7-8-14(12(16)9-11)19-15-6-4-2-3-5-13(15)18/h7-10,13,15,18H,2-6,17H2,1H3. The fourth-order valence-electron chi connectivity index (χ4n) is 2.45. The number of aliphatic hydroxyl groups excluding tert-OH is 1. The van der Waals surface area contributed by atoms with Gasteiger partial charge in [0.05, 0.1) is 6.10 Å². The van der Waals surface area contributed by atoms with Gasteiger partial charge in [0.15, 0.2) is 11.6 Å². The van der Waals surface area contributed by atoms with Gasteiger partial charge in [-0.15, -0.1) is 0 Å². The SMILES string of the molecule is CC(N)c1ccc(OC2CCCCCC2O)c(F)c1. The number of nitrogens with two attached hydrogens (primary N) is 1. The van der Waals surface area contributed by atoms with E-state index in [0.29, 0.717) is 0 Å². The summed E-state index contributed by atoms with van der Waals surface area (Å²) in [7, 11) is 0. The summed E-state index contributed by atoms with van der Waals surface area (Å²) >= 11 is 0. The van der Waals surface area contributed by atoms with Crippen molar-refractivity contribution in [2.75, 3.05) is 0 Å². The molecule has 1 aliphatic carbocycles. The summed E-state index contributed by atoms with van der Waals surface area (Å²) in [6, 6.07) is 4.58. The Bertz CT molecular complexity index is 423. The predicted octanol–water partition coefficient (Wildman–Crippen LogP) is 2.92. The Morgan fingerprint density at radius 3 is 2.74 bits per heavy atom. The first-order valence-electron chi connectivity index (χ1n) is 6.97. The minimum absolute atomic E-state index is 0.202. The molecule has 1 fully saturated rings. The second kappa shape index (κ2) is 6.35. The van der Waals surface area contributed by atoms with E-state index in [2.05, 4.69) is 0 Å². The Labute approximate surface area is 113 Å². The molecule has 0 saturated heterocycles. The van der Waals surface area contributed by atoms with E-state index in [0.717, 1.165) is 37.7 Å². The maximum Gasteiger partial charge on any atom is 0.165 e. The molecule has 0 radical (unpaired) electrons. The number of ether oxygens (including phenoxy) is 1. The summed E-state index contributed by atoms with van der Waals surface area (Å²) < 4.78 is 19.6. The van der Waals surface area contributed by atoms with Crippen molar-refractivity contribution in [3.8, 4) is 5.75 Å². The summed E-state index contributed by atoms with van der Waals surface area (Å²) in [5.41, 5.74) is 6.45. The number of halogens is 1. The highest BCUT2D eigenvalue weighted by atomic mass is 19.1. The zero-order chi connectivity index (χ0) is 13.8. The van der Waals surface area contributed by atoms with E-state index < -0.39 is 11.9 Å². The fraction of sp³-hybridized carbons (Fsp3) is 0.600. The number of benzene rings is 1. The molecule has 0 amide bonds. The smallest absolute Gasteiger partial charge is 0.165 e. The summed E-state index contributed by atoms with van der Waals surface area (Å²) in [6.45, 7) is 1.81. The minimum atomic E-state index is -0.505. The molecule has 1 aromatic rings. The van der Waals surface area contributed by atoms with Crippen molar-refractivity contribution in [3.63, 3.8) is 0 Å². The molecule has 1 saturated carbocycles. The lowest BCUT2D eigenvalue weighted by molar-refractivity contribution is 0.0298. The van der Waals surface area contributed by atoms with E-state index in [9.17, 15) is 9.50 Å². The third kappa shape index (κ3) is 3.67. The van der Waals surface area contributed by atoms with E-state index in [1.807, 2.05) is 6.92 Å². The van der Waals surface area contributed by atoms with Crippen LogP contribution in [0.3, 0.4) is 0 Å². The van der Waals surface area contributed by atoms with Gasteiger partial charge < -0.3 is 15.6 Å². The Balaban J connectivity index is 2.09. The molecule has 4 heteroatoms. The van der Waals surface area contributed by atoms with Crippen LogP contribution in [0.2, 0.25) is 0 Å². The van der Waals surface area contributed by atoms with Crippen LogP contribution >= 0.6 is 0 Å². The van der Waals surface area contributed by atoms with Gasteiger partial charge in [-0.1, -0.05) is 18.9 Å². The lowest BCUT2D eigenvalue weighted by Crippen LogP contribution is -2.30. The number of aliphatic hydroxyl groups is 1. The van der Waals surface area contributed by atoms with Gasteiger partial charge in [0, 0.05) is 6.04 Å². The van der Waals surface area contributed by atoms with Crippen LogP contribution in [0.4, 0.5) is 4.39 Å². The quantitative estimate of drug-likeness (QED) is 0.828. The highest BCUT2D eigenvalue weighted by Gasteiger charge is 2.24. The van der Waals surface area contributed by atoms with Crippen LogP contribution in [0, 0.1) is 5.82 Å². The van der Waals surface area contributed by atoms with Crippen LogP contribution in [0.25, 0.3) is 0 Å². The molecular formula is C15H22FNO2. The van der Waals surface area contributed by atoms with Gasteiger partial charge in [-0.3, -0.25) is 0 Å². The highest BCUT2D eigenvalue weighted by molar-refractivity contribution is 5.31. The molecular weight excluding hydrogens is 245 g/mol. The first-order valence-corrected chi connectivity index (χ1v) is 6.97. The molecule has 3 nitrogen and oxygen atoms in total. The van der Waals surface area contributed by atoms with Crippen LogP contribution in [-0.4, -0.2) is 17.3 Å². The highest BCUT2D eigenvalue weighted by Crippen LogP contribution is 2.26. The summed E-state index contributed by atoms with van der Waals surface area (Å²) in [5.74, 6) is -0.207. The van der Waals surface area contributed by atoms with E-state index in [-0.39, 0.29) is 17.9 Å². The third-order valence-corrected chi connectivity index (χ3v) is 3.68. The number of rotatable bonds is 3. The Hall–Kier alpha value is -1.13. The van der Waals surface area contributed by atoms with Crippen molar-refractivity contribution >= 4 is 0 Å². The van der Waals surface area contributed by atoms with Gasteiger partial charge in [0.25, 0.3) is 0 Å². The van der Waals surface area contributed by atoms with E-state index in [4.69, 9.17) is 10.5 Å². The molecule has 3 atom stereocenters. The molecule has 0 aliphatic heterocycles. The third-order valence-electron chi connectivity index (χ3n) is 3.68. The van der Waals surface area contributed by atoms with Gasteiger partial charge >= 0.3 is 0 Å². The summed E-state index contributed by atoms with van der Waals surface area (Å²) in [5, 5.41) is 9.98. The molecule has 0 bridgehead atoms. The number of hydrogen-bond acceptors (Lipinski definition) is 3. The molecule has 3 N–H and O–H groups in total. The first-order chi connectivity index (χ1) is 9.08. The molecule has 1 aromatic carbocycles. The molecule has 3 unspecified atom stereocenters. The zero-order valence-corrected chi connectivity index (χ0v) is 11.3. The van der Waals surface area contributed by atoms with Gasteiger partial charge in [-0.2, -0.15) is 0 Å². The van der Waals surface area contributed by atoms with E-state index >= 15 is 0 Å². The zero-order valence-electron chi connectivity index (χ0n) is 11.3. The molecule has 1 aliphatic rings. The molecule has 106 valence electrons. The van der Waals surface area contributed by atoms with Gasteiger partial charge in [-0.25, -0.2) is 4.39 Å². The summed E-state index contributed by atoms with van der Waals surface area (Å²) in [4.78, 5) is 0. The van der Waals surface area contributed by atoms with Gasteiger partial charge in [0.2, 0.25) is 0 Å². The van der Waals surface area contributed by atoms with Gasteiger partial charge in [0.1, 0.15) is 6.10 Å². The lowest BCUT2D eigenvalue weighted by Gasteiger charge is -2.22. The van der Waals surface area contributed by atoms with E-state index in [1.54, 1.807) is 12.1 Å². The maximum absolute atomic E-state index is 13.9. The second-order valence-corrected chi connectivity index (χ2v) is 5.34. The second-order valence-electron chi connectivity index (χ2n) is 5.34. The largest absolute Gasteiger partial charge is 0.485 e. The average Bonchev–Trinajstić information content (AvgIpc) is 2.57. The fourth-order valence-corrected chi connectivity index (χ4v) is 2.45. The Kier molecular flexibility index (Phi) is 4.77. The molecule has 2 rings (SSSR count). The van der Waals surface area contributed by atoms with Crippen molar-refractivity contribution in [2.24, 2.45) is 5.73 Å². The lowest BCUT2D eigenvalue weighted by atomic mass is 10.1. The van der Waals surface area contributed by atoms with Crippen LogP contribution in [0.5, 0.6) is 5.75 Å². The first kappa shape index (κ1) is 14.3. The minimum Gasteiger partial charge on any atom is -0.485 e. The monoisotopic (exact) mass is 267 g/mol. The van der Waals surface area contributed by atoms with Crippen molar-refractivity contribution in [3.05, 3.63) is 29.6 Å². The van der Waals surface area contributed by atoms with Crippen molar-refractivity contribution in [1.82, 2.24) is 0 Å². The molecule has 0 aromatic heterocycles. The van der Waals surface area contributed by atoms with Crippen LogP contribution in [0.15, 0.2) is 18.2 Å². The average molecular weight is 267 g/mol. The normalized spacial score (nSPS) is 25.7. The Morgan fingerprint density at radius 1 is 1.32 bits per heavy atom. The predicted molar refractivity (Wildman–Crippen MR) is 72.5 cm³/mol. The topological polar surface area (TPSA) is 55.5 Å². The molecule has 0 spiro atoms. The van der Waals surface area contributed by atoms with Crippen molar-refractivity contribution in [1.29, 1.82) is 0 Å². The van der Waals surface area contributed by atoms with Crippen LogP contribution in [-0.2, 0) is 0 Å². The summed E-state index contributed by atoms with van der Waals surface area (Å²) in [6.07, 6.45) is 3.81. The Morgan fingerprint density at radius 2 is 2.05 bits per heavy atom. The van der Waals surface area contributed by atoms with Crippen LogP contribution < -0.4 is 10.5 Å². The van der Waals surface area contributed by atoms with Gasteiger partial charge in [-0.05, 0) is 43.9 Å².